The Balaban J connectivity index is 1.42. The molecule has 1 aromatic heterocycles. The molecule has 1 fully saturated rings. The summed E-state index contributed by atoms with van der Waals surface area (Å²) in [5.41, 5.74) is 2.33. The van der Waals surface area contributed by atoms with E-state index in [2.05, 4.69) is 20.6 Å². The molecule has 7 nitrogen and oxygen atoms in total. The number of carbonyl (C=O) groups excluding carboxylic acids is 2. The Labute approximate surface area is 179 Å². The van der Waals surface area contributed by atoms with Gasteiger partial charge in [-0.15, -0.1) is 0 Å². The number of para-hydroxylation sites is 1. The third-order valence-electron chi connectivity index (χ3n) is 4.77. The zero-order valence-corrected chi connectivity index (χ0v) is 17.5. The lowest BCUT2D eigenvalue weighted by Crippen LogP contribution is -2.23. The summed E-state index contributed by atoms with van der Waals surface area (Å²) in [5, 5.41) is 7.67. The van der Waals surface area contributed by atoms with E-state index in [1.807, 2.05) is 55.5 Å². The SMILES string of the molecule is CCNc1nc(SCC(=O)Nc2cccc(N3CCCC3=O)c2)nc2ccccc12. The number of amides is 2. The first-order valence-corrected chi connectivity index (χ1v) is 11.0. The van der Waals surface area contributed by atoms with Gasteiger partial charge in [0.05, 0.1) is 11.3 Å². The Hall–Kier alpha value is -3.13. The molecule has 0 radical (unpaired) electrons. The van der Waals surface area contributed by atoms with Gasteiger partial charge in [0.2, 0.25) is 11.8 Å². The first kappa shape index (κ1) is 20.2. The van der Waals surface area contributed by atoms with Crippen LogP contribution in [-0.4, -0.2) is 40.6 Å². The molecule has 0 saturated carbocycles. The zero-order valence-electron chi connectivity index (χ0n) is 16.7. The number of benzene rings is 2. The molecule has 2 aromatic carbocycles. The standard InChI is InChI=1S/C22H23N5O2S/c1-2-23-21-17-9-3-4-10-18(17)25-22(26-21)30-14-19(28)24-15-7-5-8-16(13-15)27-12-6-11-20(27)29/h3-5,7-10,13H,2,6,11-12,14H2,1H3,(H,24,28)(H,23,25,26). The Morgan fingerprint density at radius 1 is 1.17 bits per heavy atom. The number of rotatable bonds is 7. The van der Waals surface area contributed by atoms with Gasteiger partial charge >= 0.3 is 0 Å². The van der Waals surface area contributed by atoms with Gasteiger partial charge in [-0.25, -0.2) is 9.97 Å². The maximum absolute atomic E-state index is 12.5. The average molecular weight is 422 g/mol. The summed E-state index contributed by atoms with van der Waals surface area (Å²) in [5.74, 6) is 0.941. The highest BCUT2D eigenvalue weighted by Crippen LogP contribution is 2.26. The monoisotopic (exact) mass is 421 g/mol. The molecule has 0 bridgehead atoms. The Kier molecular flexibility index (Phi) is 6.13. The van der Waals surface area contributed by atoms with Gasteiger partial charge in [0.15, 0.2) is 5.16 Å². The van der Waals surface area contributed by atoms with Gasteiger partial charge in [-0.1, -0.05) is 30.0 Å². The van der Waals surface area contributed by atoms with Crippen molar-refractivity contribution >= 4 is 51.7 Å². The number of fused-ring (bicyclic) bond motifs is 1. The number of hydrogen-bond acceptors (Lipinski definition) is 6. The van der Waals surface area contributed by atoms with Gasteiger partial charge in [0.1, 0.15) is 5.82 Å². The minimum Gasteiger partial charge on any atom is -0.370 e. The molecule has 30 heavy (non-hydrogen) atoms. The third kappa shape index (κ3) is 4.54. The van der Waals surface area contributed by atoms with E-state index in [1.165, 1.54) is 11.8 Å². The third-order valence-corrected chi connectivity index (χ3v) is 5.62. The van der Waals surface area contributed by atoms with Crippen LogP contribution in [0.15, 0.2) is 53.7 Å². The van der Waals surface area contributed by atoms with Crippen molar-refractivity contribution in [3.63, 3.8) is 0 Å². The van der Waals surface area contributed by atoms with Crippen LogP contribution in [-0.2, 0) is 9.59 Å². The Bertz CT molecular complexity index is 1090. The minimum absolute atomic E-state index is 0.124. The molecule has 1 saturated heterocycles. The van der Waals surface area contributed by atoms with Crippen molar-refractivity contribution in [2.24, 2.45) is 0 Å². The van der Waals surface area contributed by atoms with Gasteiger partial charge < -0.3 is 15.5 Å². The molecule has 4 rings (SSSR count). The Morgan fingerprint density at radius 2 is 2.03 bits per heavy atom. The van der Waals surface area contributed by atoms with Crippen molar-refractivity contribution in [2.75, 3.05) is 34.4 Å². The summed E-state index contributed by atoms with van der Waals surface area (Å²) in [7, 11) is 0. The highest BCUT2D eigenvalue weighted by Gasteiger charge is 2.21. The predicted molar refractivity (Wildman–Crippen MR) is 121 cm³/mol. The molecule has 2 heterocycles. The van der Waals surface area contributed by atoms with Crippen molar-refractivity contribution in [1.82, 2.24) is 9.97 Å². The smallest absolute Gasteiger partial charge is 0.234 e. The van der Waals surface area contributed by atoms with E-state index in [-0.39, 0.29) is 17.6 Å². The molecule has 1 aliphatic heterocycles. The molecule has 0 atom stereocenters. The molecule has 154 valence electrons. The second-order valence-electron chi connectivity index (χ2n) is 6.94. The maximum atomic E-state index is 12.5. The van der Waals surface area contributed by atoms with Crippen LogP contribution < -0.4 is 15.5 Å². The molecule has 1 aliphatic rings. The number of thioether (sulfide) groups is 1. The summed E-state index contributed by atoms with van der Waals surface area (Å²) in [4.78, 5) is 35.3. The van der Waals surface area contributed by atoms with Crippen LogP contribution in [0.25, 0.3) is 10.9 Å². The van der Waals surface area contributed by atoms with Crippen LogP contribution >= 0.6 is 11.8 Å². The van der Waals surface area contributed by atoms with Gasteiger partial charge in [-0.3, -0.25) is 9.59 Å². The van der Waals surface area contributed by atoms with Crippen LogP contribution in [0.4, 0.5) is 17.2 Å². The molecule has 0 spiro atoms. The molecule has 0 aliphatic carbocycles. The lowest BCUT2D eigenvalue weighted by molar-refractivity contribution is -0.117. The van der Waals surface area contributed by atoms with Crippen LogP contribution in [0.1, 0.15) is 19.8 Å². The number of hydrogen-bond donors (Lipinski definition) is 2. The highest BCUT2D eigenvalue weighted by molar-refractivity contribution is 7.99. The lowest BCUT2D eigenvalue weighted by atomic mass is 10.2. The van der Waals surface area contributed by atoms with E-state index in [4.69, 9.17) is 0 Å². The fourth-order valence-corrected chi connectivity index (χ4v) is 4.07. The quantitative estimate of drug-likeness (QED) is 0.444. The first-order valence-electron chi connectivity index (χ1n) is 9.98. The van der Waals surface area contributed by atoms with Crippen molar-refractivity contribution in [2.45, 2.75) is 24.9 Å². The van der Waals surface area contributed by atoms with E-state index in [1.54, 1.807) is 4.90 Å². The van der Waals surface area contributed by atoms with Crippen molar-refractivity contribution < 1.29 is 9.59 Å². The zero-order chi connectivity index (χ0) is 20.9. The first-order chi connectivity index (χ1) is 14.6. The van der Waals surface area contributed by atoms with Gasteiger partial charge in [0, 0.05) is 36.3 Å². The topological polar surface area (TPSA) is 87.2 Å². The number of nitrogens with one attached hydrogen (secondary N) is 2. The normalized spacial score (nSPS) is 13.6. The predicted octanol–water partition coefficient (Wildman–Crippen LogP) is 3.92. The van der Waals surface area contributed by atoms with Gasteiger partial charge in [0.25, 0.3) is 0 Å². The molecule has 8 heteroatoms. The largest absolute Gasteiger partial charge is 0.370 e. The second kappa shape index (κ2) is 9.13. The molecule has 2 N–H and O–H groups in total. The van der Waals surface area contributed by atoms with E-state index in [9.17, 15) is 9.59 Å². The van der Waals surface area contributed by atoms with E-state index in [0.717, 1.165) is 41.9 Å². The fraction of sp³-hybridized carbons (Fsp3) is 0.273. The fourth-order valence-electron chi connectivity index (χ4n) is 3.42. The molecule has 0 unspecified atom stereocenters. The molecular formula is C22H23N5O2S. The van der Waals surface area contributed by atoms with Crippen molar-refractivity contribution in [3.05, 3.63) is 48.5 Å². The van der Waals surface area contributed by atoms with Crippen molar-refractivity contribution in [1.29, 1.82) is 0 Å². The summed E-state index contributed by atoms with van der Waals surface area (Å²) in [6.45, 7) is 3.49. The second-order valence-corrected chi connectivity index (χ2v) is 7.88. The van der Waals surface area contributed by atoms with Crippen LogP contribution in [0.5, 0.6) is 0 Å². The molecule has 3 aromatic rings. The summed E-state index contributed by atoms with van der Waals surface area (Å²) >= 11 is 1.29. The van der Waals surface area contributed by atoms with Crippen LogP contribution in [0, 0.1) is 0 Å². The summed E-state index contributed by atoms with van der Waals surface area (Å²) < 4.78 is 0. The van der Waals surface area contributed by atoms with E-state index >= 15 is 0 Å². The summed E-state index contributed by atoms with van der Waals surface area (Å²) in [6, 6.07) is 15.2. The van der Waals surface area contributed by atoms with E-state index < -0.39 is 0 Å². The van der Waals surface area contributed by atoms with Crippen molar-refractivity contribution in [3.8, 4) is 0 Å². The Morgan fingerprint density at radius 3 is 2.83 bits per heavy atom. The maximum Gasteiger partial charge on any atom is 0.234 e. The van der Waals surface area contributed by atoms with E-state index in [0.29, 0.717) is 17.3 Å². The van der Waals surface area contributed by atoms with Gasteiger partial charge in [-0.2, -0.15) is 0 Å². The number of carbonyl (C=O) groups is 2. The minimum atomic E-state index is -0.147. The lowest BCUT2D eigenvalue weighted by Gasteiger charge is -2.16. The molecular weight excluding hydrogens is 398 g/mol. The number of anilines is 3. The average Bonchev–Trinajstić information content (AvgIpc) is 3.19. The molecule has 2 amide bonds. The van der Waals surface area contributed by atoms with Crippen LogP contribution in [0.2, 0.25) is 0 Å². The number of nitrogens with zero attached hydrogens (tertiary/aromatic N) is 3. The van der Waals surface area contributed by atoms with Gasteiger partial charge in [-0.05, 0) is 43.7 Å². The number of aromatic nitrogens is 2. The summed E-state index contributed by atoms with van der Waals surface area (Å²) in [6.07, 6.45) is 1.44. The highest BCUT2D eigenvalue weighted by atomic mass is 32.2. The van der Waals surface area contributed by atoms with Crippen LogP contribution in [0.3, 0.4) is 0 Å².